The molecular formula is C11H10F4N2O2. The molecule has 0 atom stereocenters. The van der Waals surface area contributed by atoms with E-state index in [0.717, 1.165) is 6.07 Å². The Labute approximate surface area is 105 Å². The third-order valence-corrected chi connectivity index (χ3v) is 2.25. The number of rotatable bonds is 2. The van der Waals surface area contributed by atoms with E-state index in [2.05, 4.69) is 10.6 Å². The molecule has 19 heavy (non-hydrogen) atoms. The fourth-order valence-corrected chi connectivity index (χ4v) is 1.24. The van der Waals surface area contributed by atoms with Crippen molar-refractivity contribution in [1.29, 1.82) is 0 Å². The summed E-state index contributed by atoms with van der Waals surface area (Å²) in [6.07, 6.45) is -4.63. The van der Waals surface area contributed by atoms with Gasteiger partial charge in [0, 0.05) is 19.2 Å². The van der Waals surface area contributed by atoms with E-state index in [1.54, 1.807) is 0 Å². The van der Waals surface area contributed by atoms with Crippen LogP contribution in [0.15, 0.2) is 18.2 Å². The van der Waals surface area contributed by atoms with Crippen LogP contribution < -0.4 is 10.6 Å². The number of alkyl halides is 3. The lowest BCUT2D eigenvalue weighted by atomic mass is 10.1. The summed E-state index contributed by atoms with van der Waals surface area (Å²) < 4.78 is 50.2. The number of hydrogen-bond acceptors (Lipinski definition) is 2. The number of carbonyl (C=O) groups is 2. The van der Waals surface area contributed by atoms with Gasteiger partial charge in [-0.1, -0.05) is 6.07 Å². The van der Waals surface area contributed by atoms with Crippen molar-refractivity contribution in [2.24, 2.45) is 0 Å². The molecular weight excluding hydrogens is 268 g/mol. The van der Waals surface area contributed by atoms with Crippen LogP contribution >= 0.6 is 0 Å². The number of hydrogen-bond donors (Lipinski definition) is 2. The molecule has 0 saturated carbocycles. The van der Waals surface area contributed by atoms with Gasteiger partial charge in [0.25, 0.3) is 0 Å². The standard InChI is InChI=1S/C11H10F4N2O2/c1-16-9(18)10(19)17-5-6-2-3-7(4-8(6)12)11(13,14)15/h2-4H,5H2,1H3,(H,16,18)(H,17,19). The zero-order valence-electron chi connectivity index (χ0n) is 9.77. The topological polar surface area (TPSA) is 58.2 Å². The Kier molecular flexibility index (Phi) is 4.47. The van der Waals surface area contributed by atoms with Crippen LogP contribution in [0.25, 0.3) is 0 Å². The Hall–Kier alpha value is -2.12. The van der Waals surface area contributed by atoms with Gasteiger partial charge in [0.2, 0.25) is 0 Å². The zero-order valence-corrected chi connectivity index (χ0v) is 9.77. The van der Waals surface area contributed by atoms with Gasteiger partial charge in [-0.3, -0.25) is 9.59 Å². The fraction of sp³-hybridized carbons (Fsp3) is 0.273. The Balaban J connectivity index is 2.76. The lowest BCUT2D eigenvalue weighted by Crippen LogP contribution is -2.37. The molecule has 0 fully saturated rings. The van der Waals surface area contributed by atoms with Crippen molar-refractivity contribution >= 4 is 11.8 Å². The fourth-order valence-electron chi connectivity index (χ4n) is 1.24. The molecule has 0 unspecified atom stereocenters. The molecule has 1 aromatic carbocycles. The van der Waals surface area contributed by atoms with Crippen molar-refractivity contribution in [3.63, 3.8) is 0 Å². The smallest absolute Gasteiger partial charge is 0.351 e. The monoisotopic (exact) mass is 278 g/mol. The van der Waals surface area contributed by atoms with E-state index < -0.39 is 29.4 Å². The van der Waals surface area contributed by atoms with Crippen molar-refractivity contribution in [3.05, 3.63) is 35.1 Å². The molecule has 0 spiro atoms. The van der Waals surface area contributed by atoms with Crippen LogP contribution in [0.3, 0.4) is 0 Å². The molecule has 0 saturated heterocycles. The first-order chi connectivity index (χ1) is 8.75. The lowest BCUT2D eigenvalue weighted by Gasteiger charge is -2.09. The molecule has 0 radical (unpaired) electrons. The molecule has 0 heterocycles. The van der Waals surface area contributed by atoms with Crippen LogP contribution in [0.4, 0.5) is 17.6 Å². The summed E-state index contributed by atoms with van der Waals surface area (Å²) in [6, 6.07) is 1.94. The van der Waals surface area contributed by atoms with Gasteiger partial charge in [0.1, 0.15) is 5.82 Å². The highest BCUT2D eigenvalue weighted by Crippen LogP contribution is 2.30. The molecule has 4 nitrogen and oxygen atoms in total. The molecule has 0 aliphatic rings. The third-order valence-electron chi connectivity index (χ3n) is 2.25. The minimum atomic E-state index is -4.63. The summed E-state index contributed by atoms with van der Waals surface area (Å²) in [7, 11) is 1.24. The number of amides is 2. The van der Waals surface area contributed by atoms with Crippen LogP contribution in [0, 0.1) is 5.82 Å². The van der Waals surface area contributed by atoms with E-state index in [1.165, 1.54) is 7.05 Å². The SMILES string of the molecule is CNC(=O)C(=O)NCc1ccc(C(F)(F)F)cc1F. The second kappa shape index (κ2) is 5.68. The molecule has 0 aliphatic heterocycles. The summed E-state index contributed by atoms with van der Waals surface area (Å²) in [6.45, 7) is -0.379. The largest absolute Gasteiger partial charge is 0.416 e. The number of likely N-dealkylation sites (N-methyl/N-ethyl adjacent to an activating group) is 1. The van der Waals surface area contributed by atoms with Crippen LogP contribution in [-0.2, 0) is 22.3 Å². The number of halogens is 4. The maximum atomic E-state index is 13.4. The third kappa shape index (κ3) is 3.94. The molecule has 2 amide bonds. The Morgan fingerprint density at radius 1 is 1.21 bits per heavy atom. The molecule has 0 aromatic heterocycles. The second-order valence-electron chi connectivity index (χ2n) is 3.57. The van der Waals surface area contributed by atoms with E-state index in [9.17, 15) is 27.2 Å². The van der Waals surface area contributed by atoms with Crippen molar-refractivity contribution in [1.82, 2.24) is 10.6 Å². The van der Waals surface area contributed by atoms with Crippen molar-refractivity contribution in [2.75, 3.05) is 7.05 Å². The predicted octanol–water partition coefficient (Wildman–Crippen LogP) is 1.21. The molecule has 8 heteroatoms. The maximum absolute atomic E-state index is 13.4. The van der Waals surface area contributed by atoms with Crippen LogP contribution in [0.2, 0.25) is 0 Å². The van der Waals surface area contributed by atoms with Crippen LogP contribution in [0.5, 0.6) is 0 Å². The van der Waals surface area contributed by atoms with Crippen molar-refractivity contribution < 1.29 is 27.2 Å². The highest BCUT2D eigenvalue weighted by Gasteiger charge is 2.31. The summed E-state index contributed by atoms with van der Waals surface area (Å²) in [5.41, 5.74) is -1.27. The Morgan fingerprint density at radius 2 is 1.84 bits per heavy atom. The highest BCUT2D eigenvalue weighted by molar-refractivity contribution is 6.34. The van der Waals surface area contributed by atoms with E-state index in [-0.39, 0.29) is 12.1 Å². The van der Waals surface area contributed by atoms with E-state index in [4.69, 9.17) is 0 Å². The van der Waals surface area contributed by atoms with E-state index in [0.29, 0.717) is 12.1 Å². The summed E-state index contributed by atoms with van der Waals surface area (Å²) in [5.74, 6) is -3.03. The summed E-state index contributed by atoms with van der Waals surface area (Å²) >= 11 is 0. The van der Waals surface area contributed by atoms with Gasteiger partial charge in [-0.25, -0.2) is 4.39 Å². The number of benzene rings is 1. The lowest BCUT2D eigenvalue weighted by molar-refractivity contribution is -0.139. The first kappa shape index (κ1) is 14.9. The van der Waals surface area contributed by atoms with Crippen molar-refractivity contribution in [2.45, 2.75) is 12.7 Å². The van der Waals surface area contributed by atoms with Gasteiger partial charge in [-0.15, -0.1) is 0 Å². The Morgan fingerprint density at radius 3 is 2.32 bits per heavy atom. The van der Waals surface area contributed by atoms with Gasteiger partial charge in [0.15, 0.2) is 0 Å². The van der Waals surface area contributed by atoms with Gasteiger partial charge < -0.3 is 10.6 Å². The minimum absolute atomic E-state index is 0.148. The quantitative estimate of drug-likeness (QED) is 0.631. The van der Waals surface area contributed by atoms with Gasteiger partial charge in [0.05, 0.1) is 5.56 Å². The first-order valence-electron chi connectivity index (χ1n) is 5.11. The van der Waals surface area contributed by atoms with E-state index >= 15 is 0 Å². The molecule has 104 valence electrons. The second-order valence-corrected chi connectivity index (χ2v) is 3.57. The average Bonchev–Trinajstić information content (AvgIpc) is 2.34. The minimum Gasteiger partial charge on any atom is -0.351 e. The normalized spacial score (nSPS) is 11.0. The zero-order chi connectivity index (χ0) is 14.6. The van der Waals surface area contributed by atoms with Crippen molar-refractivity contribution in [3.8, 4) is 0 Å². The first-order valence-corrected chi connectivity index (χ1v) is 5.11. The summed E-state index contributed by atoms with van der Waals surface area (Å²) in [5, 5.41) is 4.13. The van der Waals surface area contributed by atoms with Gasteiger partial charge >= 0.3 is 18.0 Å². The Bertz CT molecular complexity index is 500. The molecule has 1 rings (SSSR count). The average molecular weight is 278 g/mol. The molecule has 0 aliphatic carbocycles. The van der Waals surface area contributed by atoms with Crippen LogP contribution in [0.1, 0.15) is 11.1 Å². The van der Waals surface area contributed by atoms with E-state index in [1.807, 2.05) is 0 Å². The maximum Gasteiger partial charge on any atom is 0.416 e. The number of nitrogens with one attached hydrogen (secondary N) is 2. The summed E-state index contributed by atoms with van der Waals surface area (Å²) in [4.78, 5) is 21.9. The van der Waals surface area contributed by atoms with Gasteiger partial charge in [-0.2, -0.15) is 13.2 Å². The molecule has 1 aromatic rings. The van der Waals surface area contributed by atoms with Crippen LogP contribution in [-0.4, -0.2) is 18.9 Å². The number of carbonyl (C=O) groups excluding carboxylic acids is 2. The van der Waals surface area contributed by atoms with Gasteiger partial charge in [-0.05, 0) is 12.1 Å². The predicted molar refractivity (Wildman–Crippen MR) is 57.3 cm³/mol. The molecule has 0 bridgehead atoms. The molecule has 2 N–H and O–H groups in total. The highest BCUT2D eigenvalue weighted by atomic mass is 19.4.